The predicted molar refractivity (Wildman–Crippen MR) is 67.1 cm³/mol. The number of benzene rings is 1. The van der Waals surface area contributed by atoms with E-state index in [4.69, 9.17) is 14.2 Å². The molecule has 0 aliphatic carbocycles. The van der Waals surface area contributed by atoms with Gasteiger partial charge >= 0.3 is 0 Å². The lowest BCUT2D eigenvalue weighted by Gasteiger charge is -2.15. The smallest absolute Gasteiger partial charge is 0.195 e. The van der Waals surface area contributed by atoms with Crippen molar-refractivity contribution < 1.29 is 19.0 Å². The normalized spacial score (nSPS) is 14.4. The number of allylic oxidation sites excluding steroid dienone is 1. The zero-order valence-electron chi connectivity index (χ0n) is 10.6. The number of hydrogen-bond donors (Lipinski definition) is 0. The van der Waals surface area contributed by atoms with E-state index in [9.17, 15) is 4.79 Å². The van der Waals surface area contributed by atoms with Gasteiger partial charge in [0, 0.05) is 5.57 Å². The molecule has 1 aromatic rings. The van der Waals surface area contributed by atoms with Gasteiger partial charge < -0.3 is 14.2 Å². The van der Waals surface area contributed by atoms with Crippen LogP contribution in [-0.2, 0) is 4.74 Å². The summed E-state index contributed by atoms with van der Waals surface area (Å²) in [5, 5.41) is 0. The number of carbonyl (C=O) groups excluding carboxylic acids is 1. The molecule has 0 spiro atoms. The minimum absolute atomic E-state index is 0.0644. The summed E-state index contributed by atoms with van der Waals surface area (Å²) in [5.41, 5.74) is 1.18. The van der Waals surface area contributed by atoms with Crippen molar-refractivity contribution in [3.8, 4) is 11.5 Å². The largest absolute Gasteiger partial charge is 0.501 e. The van der Waals surface area contributed by atoms with E-state index in [1.807, 2.05) is 0 Å². The number of carbonyl (C=O) groups is 1. The molecule has 2 rings (SSSR count). The van der Waals surface area contributed by atoms with Gasteiger partial charge in [-0.1, -0.05) is 6.07 Å². The Hall–Kier alpha value is -1.97. The van der Waals surface area contributed by atoms with Crippen LogP contribution in [0.15, 0.2) is 30.0 Å². The molecule has 0 bridgehead atoms. The molecule has 0 unspecified atom stereocenters. The zero-order chi connectivity index (χ0) is 13.0. The lowest BCUT2D eigenvalue weighted by Crippen LogP contribution is -2.11. The summed E-state index contributed by atoms with van der Waals surface area (Å²) in [6.45, 7) is 0.673. The molecule has 0 N–H and O–H groups in total. The Kier molecular flexibility index (Phi) is 3.87. The highest BCUT2D eigenvalue weighted by atomic mass is 16.5. The maximum absolute atomic E-state index is 12.4. The number of ether oxygens (including phenoxy) is 3. The highest BCUT2D eigenvalue weighted by Gasteiger charge is 2.21. The van der Waals surface area contributed by atoms with Gasteiger partial charge in [0.05, 0.1) is 32.7 Å². The lowest BCUT2D eigenvalue weighted by atomic mass is 9.98. The molecule has 96 valence electrons. The number of hydrogen-bond acceptors (Lipinski definition) is 4. The molecular weight excluding hydrogens is 232 g/mol. The third kappa shape index (κ3) is 2.32. The fourth-order valence-electron chi connectivity index (χ4n) is 1.97. The molecule has 1 aromatic carbocycles. The van der Waals surface area contributed by atoms with E-state index in [-0.39, 0.29) is 5.78 Å². The van der Waals surface area contributed by atoms with E-state index in [2.05, 4.69) is 0 Å². The van der Waals surface area contributed by atoms with Crippen LogP contribution in [0.25, 0.3) is 0 Å². The van der Waals surface area contributed by atoms with Gasteiger partial charge in [-0.3, -0.25) is 4.79 Å². The summed E-state index contributed by atoms with van der Waals surface area (Å²) >= 11 is 0. The van der Waals surface area contributed by atoms with E-state index >= 15 is 0 Å². The molecule has 0 radical (unpaired) electrons. The van der Waals surface area contributed by atoms with E-state index < -0.39 is 0 Å². The Morgan fingerprint density at radius 2 is 2.11 bits per heavy atom. The summed E-state index contributed by atoms with van der Waals surface area (Å²) in [4.78, 5) is 12.4. The van der Waals surface area contributed by atoms with Crippen LogP contribution in [0.4, 0.5) is 0 Å². The van der Waals surface area contributed by atoms with Crippen molar-refractivity contribution in [3.05, 3.63) is 35.6 Å². The molecule has 1 aliphatic heterocycles. The minimum Gasteiger partial charge on any atom is -0.501 e. The van der Waals surface area contributed by atoms with Crippen molar-refractivity contribution in [2.45, 2.75) is 12.8 Å². The van der Waals surface area contributed by atoms with Crippen molar-refractivity contribution in [2.24, 2.45) is 0 Å². The first-order valence-electron chi connectivity index (χ1n) is 5.84. The molecule has 0 aromatic heterocycles. The van der Waals surface area contributed by atoms with E-state index in [0.29, 0.717) is 29.2 Å². The summed E-state index contributed by atoms with van der Waals surface area (Å²) in [6.07, 6.45) is 3.15. The molecule has 0 fully saturated rings. The molecule has 0 saturated carbocycles. The van der Waals surface area contributed by atoms with Crippen LogP contribution in [0, 0.1) is 0 Å². The molecule has 4 heteroatoms. The van der Waals surface area contributed by atoms with Crippen molar-refractivity contribution in [1.29, 1.82) is 0 Å². The summed E-state index contributed by atoms with van der Waals surface area (Å²) < 4.78 is 15.7. The van der Waals surface area contributed by atoms with E-state index in [1.54, 1.807) is 31.6 Å². The zero-order valence-corrected chi connectivity index (χ0v) is 10.6. The van der Waals surface area contributed by atoms with Crippen LogP contribution in [0.3, 0.4) is 0 Å². The average molecular weight is 248 g/mol. The van der Waals surface area contributed by atoms with E-state index in [0.717, 1.165) is 12.8 Å². The first kappa shape index (κ1) is 12.5. The van der Waals surface area contributed by atoms with Crippen LogP contribution in [0.1, 0.15) is 23.2 Å². The molecular formula is C14H16O4. The molecule has 0 saturated heterocycles. The number of rotatable bonds is 4. The number of ketones is 1. The van der Waals surface area contributed by atoms with Gasteiger partial charge in [0.25, 0.3) is 0 Å². The van der Waals surface area contributed by atoms with Gasteiger partial charge in [0.2, 0.25) is 0 Å². The summed E-state index contributed by atoms with van der Waals surface area (Å²) in [7, 11) is 3.08. The third-order valence-electron chi connectivity index (χ3n) is 2.87. The molecule has 1 heterocycles. The van der Waals surface area contributed by atoms with Crippen LogP contribution in [0.5, 0.6) is 11.5 Å². The fraction of sp³-hybridized carbons (Fsp3) is 0.357. The Labute approximate surface area is 106 Å². The molecule has 0 amide bonds. The minimum atomic E-state index is -0.0644. The average Bonchev–Trinajstić information content (AvgIpc) is 2.46. The SMILES string of the molecule is COc1cccc(C(=O)C2=COCCC2)c1OC. The molecule has 1 aliphatic rings. The number of methoxy groups -OCH3 is 2. The number of para-hydroxylation sites is 1. The van der Waals surface area contributed by atoms with Gasteiger partial charge in [0.1, 0.15) is 0 Å². The van der Waals surface area contributed by atoms with Crippen molar-refractivity contribution in [1.82, 2.24) is 0 Å². The predicted octanol–water partition coefficient (Wildman–Crippen LogP) is 2.58. The first-order valence-corrected chi connectivity index (χ1v) is 5.84. The Morgan fingerprint density at radius 3 is 2.72 bits per heavy atom. The highest BCUT2D eigenvalue weighted by Crippen LogP contribution is 2.33. The van der Waals surface area contributed by atoms with Crippen molar-refractivity contribution in [2.75, 3.05) is 20.8 Å². The van der Waals surface area contributed by atoms with E-state index in [1.165, 1.54) is 7.11 Å². The second-order valence-corrected chi connectivity index (χ2v) is 3.99. The maximum Gasteiger partial charge on any atom is 0.195 e. The van der Waals surface area contributed by atoms with Gasteiger partial charge in [0.15, 0.2) is 17.3 Å². The molecule has 4 nitrogen and oxygen atoms in total. The summed E-state index contributed by atoms with van der Waals surface area (Å²) in [5.74, 6) is 0.961. The Balaban J connectivity index is 2.38. The third-order valence-corrected chi connectivity index (χ3v) is 2.87. The molecule has 18 heavy (non-hydrogen) atoms. The summed E-state index contributed by atoms with van der Waals surface area (Å²) in [6, 6.07) is 5.28. The fourth-order valence-corrected chi connectivity index (χ4v) is 1.97. The van der Waals surface area contributed by atoms with Crippen LogP contribution in [-0.4, -0.2) is 26.6 Å². The topological polar surface area (TPSA) is 44.8 Å². The quantitative estimate of drug-likeness (QED) is 0.768. The van der Waals surface area contributed by atoms with Gasteiger partial charge in [-0.15, -0.1) is 0 Å². The Morgan fingerprint density at radius 1 is 1.28 bits per heavy atom. The van der Waals surface area contributed by atoms with Gasteiger partial charge in [-0.25, -0.2) is 0 Å². The van der Waals surface area contributed by atoms with Crippen LogP contribution < -0.4 is 9.47 Å². The maximum atomic E-state index is 12.4. The first-order chi connectivity index (χ1) is 8.77. The van der Waals surface area contributed by atoms with Crippen LogP contribution in [0.2, 0.25) is 0 Å². The monoisotopic (exact) mass is 248 g/mol. The lowest BCUT2D eigenvalue weighted by molar-refractivity contribution is 0.101. The second kappa shape index (κ2) is 5.58. The molecule has 0 atom stereocenters. The van der Waals surface area contributed by atoms with Crippen molar-refractivity contribution in [3.63, 3.8) is 0 Å². The number of Topliss-reactive ketones (excluding diaryl/α,β-unsaturated/α-hetero) is 1. The Bertz CT molecular complexity index is 477. The van der Waals surface area contributed by atoms with Gasteiger partial charge in [-0.05, 0) is 25.0 Å². The highest BCUT2D eigenvalue weighted by molar-refractivity contribution is 6.10. The van der Waals surface area contributed by atoms with Crippen molar-refractivity contribution >= 4 is 5.78 Å². The van der Waals surface area contributed by atoms with Crippen LogP contribution >= 0.6 is 0 Å². The standard InChI is InChI=1S/C14H16O4/c1-16-12-7-3-6-11(14(12)17-2)13(15)10-5-4-8-18-9-10/h3,6-7,9H,4-5,8H2,1-2H3. The van der Waals surface area contributed by atoms with Gasteiger partial charge in [-0.2, -0.15) is 0 Å². The second-order valence-electron chi connectivity index (χ2n) is 3.99.